The fraction of sp³-hybridized carbons (Fsp3) is 0.412. The molecular weight excluding hydrogens is 312 g/mol. The third-order valence-electron chi connectivity index (χ3n) is 3.66. The number of thioether (sulfide) groups is 1. The summed E-state index contributed by atoms with van der Waals surface area (Å²) in [5, 5.41) is 4.56. The smallest absolute Gasteiger partial charge is 0.291 e. The van der Waals surface area contributed by atoms with Gasteiger partial charge in [0, 0.05) is 35.5 Å². The number of amides is 2. The van der Waals surface area contributed by atoms with E-state index in [-0.39, 0.29) is 11.8 Å². The Hall–Kier alpha value is -1.95. The largest absolute Gasteiger partial charge is 0.487 e. The van der Waals surface area contributed by atoms with Crippen molar-refractivity contribution in [3.8, 4) is 0 Å². The first-order valence-electron chi connectivity index (χ1n) is 7.72. The van der Waals surface area contributed by atoms with Gasteiger partial charge in [-0.15, -0.1) is 11.8 Å². The van der Waals surface area contributed by atoms with E-state index in [1.807, 2.05) is 26.8 Å². The van der Waals surface area contributed by atoms with Gasteiger partial charge in [0.2, 0.25) is 0 Å². The zero-order chi connectivity index (χ0) is 16.8. The molecule has 1 heterocycles. The first-order valence-corrected chi connectivity index (χ1v) is 8.77. The molecule has 0 spiro atoms. The highest BCUT2D eigenvalue weighted by Crippen LogP contribution is 2.21. The fourth-order valence-electron chi connectivity index (χ4n) is 2.25. The molecule has 0 aromatic heterocycles. The maximum absolute atomic E-state index is 12.4. The van der Waals surface area contributed by atoms with Crippen LogP contribution in [0.25, 0.3) is 0 Å². The molecule has 1 aliphatic heterocycles. The summed E-state index contributed by atoms with van der Waals surface area (Å²) < 4.78 is 5.36. The highest BCUT2D eigenvalue weighted by molar-refractivity contribution is 8.02. The summed E-state index contributed by atoms with van der Waals surface area (Å²) in [6.07, 6.45) is 0. The van der Waals surface area contributed by atoms with Crippen molar-refractivity contribution in [2.45, 2.75) is 20.8 Å². The van der Waals surface area contributed by atoms with Crippen LogP contribution in [-0.4, -0.2) is 42.2 Å². The molecule has 0 saturated carbocycles. The fourth-order valence-corrected chi connectivity index (χ4v) is 2.88. The Kier molecular flexibility index (Phi) is 6.10. The Labute approximate surface area is 141 Å². The van der Waals surface area contributed by atoms with Crippen molar-refractivity contribution in [3.63, 3.8) is 0 Å². The number of hydrogen-bond donors (Lipinski definition) is 1. The predicted molar refractivity (Wildman–Crippen MR) is 93.6 cm³/mol. The normalized spacial score (nSPS) is 13.8. The number of carbonyl (C=O) groups is 2. The second-order valence-corrected chi connectivity index (χ2v) is 6.14. The Morgan fingerprint density at radius 3 is 2.65 bits per heavy atom. The van der Waals surface area contributed by atoms with Gasteiger partial charge in [-0.25, -0.2) is 0 Å². The van der Waals surface area contributed by atoms with Crippen molar-refractivity contribution in [1.29, 1.82) is 0 Å². The van der Waals surface area contributed by atoms with E-state index < -0.39 is 0 Å². The summed E-state index contributed by atoms with van der Waals surface area (Å²) in [6, 6.07) is 5.36. The lowest BCUT2D eigenvalue weighted by molar-refractivity contribution is -0.116. The van der Waals surface area contributed by atoms with Crippen molar-refractivity contribution < 1.29 is 14.3 Å². The Morgan fingerprint density at radius 1 is 1.30 bits per heavy atom. The Bertz CT molecular complexity index is 624. The summed E-state index contributed by atoms with van der Waals surface area (Å²) in [5.74, 6) is 0.854. The zero-order valence-corrected chi connectivity index (χ0v) is 14.5. The van der Waals surface area contributed by atoms with Gasteiger partial charge in [-0.3, -0.25) is 9.59 Å². The molecule has 5 nitrogen and oxygen atoms in total. The first-order chi connectivity index (χ1) is 11.1. The standard InChI is InChI=1S/C17H22N2O3S/c1-4-19(5-2)17(21)13-7-6-12(3)14(10-13)18-16(20)15-11-23-9-8-22-15/h6-7,10-11H,4-5,8-9H2,1-3H3,(H,18,20). The molecule has 0 fully saturated rings. The van der Waals surface area contributed by atoms with Gasteiger partial charge in [0.15, 0.2) is 5.76 Å². The number of aryl methyl sites for hydroxylation is 1. The lowest BCUT2D eigenvalue weighted by Crippen LogP contribution is -2.30. The molecule has 2 amide bonds. The molecule has 2 rings (SSSR count). The number of hydrogen-bond acceptors (Lipinski definition) is 4. The first kappa shape index (κ1) is 17.4. The number of anilines is 1. The van der Waals surface area contributed by atoms with Crippen LogP contribution in [0.3, 0.4) is 0 Å². The molecule has 0 atom stereocenters. The van der Waals surface area contributed by atoms with Crippen molar-refractivity contribution in [1.82, 2.24) is 4.90 Å². The van der Waals surface area contributed by atoms with Crippen LogP contribution >= 0.6 is 11.8 Å². The van der Waals surface area contributed by atoms with Crippen molar-refractivity contribution in [2.75, 3.05) is 30.8 Å². The molecular formula is C17H22N2O3S. The molecule has 0 bridgehead atoms. The highest BCUT2D eigenvalue weighted by atomic mass is 32.2. The molecule has 0 aliphatic carbocycles. The number of benzene rings is 1. The zero-order valence-electron chi connectivity index (χ0n) is 13.7. The molecule has 0 unspecified atom stereocenters. The van der Waals surface area contributed by atoms with Crippen LogP contribution in [0, 0.1) is 6.92 Å². The second-order valence-electron chi connectivity index (χ2n) is 5.16. The molecule has 6 heteroatoms. The van der Waals surface area contributed by atoms with E-state index in [4.69, 9.17) is 4.74 Å². The monoisotopic (exact) mass is 334 g/mol. The van der Waals surface area contributed by atoms with Crippen LogP contribution in [0.1, 0.15) is 29.8 Å². The number of ether oxygens (including phenoxy) is 1. The van der Waals surface area contributed by atoms with Gasteiger partial charge in [-0.2, -0.15) is 0 Å². The summed E-state index contributed by atoms with van der Waals surface area (Å²) in [7, 11) is 0. The number of nitrogens with one attached hydrogen (secondary N) is 1. The Balaban J connectivity index is 2.18. The molecule has 1 aromatic carbocycles. The van der Waals surface area contributed by atoms with E-state index in [9.17, 15) is 9.59 Å². The Morgan fingerprint density at radius 2 is 2.04 bits per heavy atom. The van der Waals surface area contributed by atoms with Gasteiger partial charge in [0.05, 0.1) is 6.61 Å². The molecule has 0 saturated heterocycles. The van der Waals surface area contributed by atoms with Gasteiger partial charge in [-0.1, -0.05) is 6.07 Å². The van der Waals surface area contributed by atoms with Gasteiger partial charge in [0.25, 0.3) is 11.8 Å². The predicted octanol–water partition coefficient (Wildman–Crippen LogP) is 3.02. The average molecular weight is 334 g/mol. The maximum Gasteiger partial charge on any atom is 0.291 e. The van der Waals surface area contributed by atoms with E-state index in [1.165, 1.54) is 0 Å². The SMILES string of the molecule is CCN(CC)C(=O)c1ccc(C)c(NC(=O)C2=CSCCO2)c1. The van der Waals surface area contributed by atoms with E-state index in [2.05, 4.69) is 5.32 Å². The lowest BCUT2D eigenvalue weighted by atomic mass is 10.1. The molecule has 23 heavy (non-hydrogen) atoms. The summed E-state index contributed by atoms with van der Waals surface area (Å²) in [4.78, 5) is 26.4. The van der Waals surface area contributed by atoms with Crippen molar-refractivity contribution >= 4 is 29.3 Å². The summed E-state index contributed by atoms with van der Waals surface area (Å²) in [6.45, 7) is 7.63. The minimum Gasteiger partial charge on any atom is -0.487 e. The van der Waals surface area contributed by atoms with E-state index >= 15 is 0 Å². The summed E-state index contributed by atoms with van der Waals surface area (Å²) in [5.41, 5.74) is 2.11. The minimum absolute atomic E-state index is 0.0332. The van der Waals surface area contributed by atoms with Crippen LogP contribution in [0.15, 0.2) is 29.4 Å². The molecule has 1 N–H and O–H groups in total. The van der Waals surface area contributed by atoms with Crippen LogP contribution in [0.5, 0.6) is 0 Å². The van der Waals surface area contributed by atoms with E-state index in [0.717, 1.165) is 11.3 Å². The minimum atomic E-state index is -0.285. The van der Waals surface area contributed by atoms with Crippen molar-refractivity contribution in [3.05, 3.63) is 40.5 Å². The van der Waals surface area contributed by atoms with E-state index in [0.29, 0.717) is 36.7 Å². The van der Waals surface area contributed by atoms with Crippen LogP contribution in [-0.2, 0) is 9.53 Å². The van der Waals surface area contributed by atoms with Crippen LogP contribution < -0.4 is 5.32 Å². The number of rotatable bonds is 5. The van der Waals surface area contributed by atoms with Gasteiger partial charge < -0.3 is 15.0 Å². The average Bonchev–Trinajstić information content (AvgIpc) is 2.58. The molecule has 1 aliphatic rings. The second kappa shape index (κ2) is 8.06. The number of nitrogens with zero attached hydrogens (tertiary/aromatic N) is 1. The number of carbonyl (C=O) groups excluding carboxylic acids is 2. The molecule has 1 aromatic rings. The lowest BCUT2D eigenvalue weighted by Gasteiger charge is -2.20. The third kappa shape index (κ3) is 4.28. The highest BCUT2D eigenvalue weighted by Gasteiger charge is 2.17. The quantitative estimate of drug-likeness (QED) is 0.899. The topological polar surface area (TPSA) is 58.6 Å². The van der Waals surface area contributed by atoms with Crippen LogP contribution in [0.4, 0.5) is 5.69 Å². The van der Waals surface area contributed by atoms with Crippen LogP contribution in [0.2, 0.25) is 0 Å². The summed E-state index contributed by atoms with van der Waals surface area (Å²) >= 11 is 1.56. The van der Waals surface area contributed by atoms with Gasteiger partial charge in [0.1, 0.15) is 0 Å². The van der Waals surface area contributed by atoms with Crippen molar-refractivity contribution in [2.24, 2.45) is 0 Å². The molecule has 124 valence electrons. The maximum atomic E-state index is 12.4. The van der Waals surface area contributed by atoms with E-state index in [1.54, 1.807) is 34.2 Å². The molecule has 0 radical (unpaired) electrons. The third-order valence-corrected chi connectivity index (χ3v) is 4.44. The van der Waals surface area contributed by atoms with Gasteiger partial charge in [-0.05, 0) is 38.5 Å². The van der Waals surface area contributed by atoms with Gasteiger partial charge >= 0.3 is 0 Å².